The highest BCUT2D eigenvalue weighted by molar-refractivity contribution is 5.98. The molecule has 2 saturated heterocycles. The van der Waals surface area contributed by atoms with Crippen LogP contribution in [0.3, 0.4) is 0 Å². The number of hydrogen-bond donors (Lipinski definition) is 1. The predicted octanol–water partition coefficient (Wildman–Crippen LogP) is 4.48. The Morgan fingerprint density at radius 3 is 2.58 bits per heavy atom. The molecular formula is C28H25FN6O. The van der Waals surface area contributed by atoms with E-state index in [1.807, 2.05) is 42.3 Å². The molecule has 3 atom stereocenters. The maximum Gasteiger partial charge on any atom is 0.254 e. The summed E-state index contributed by atoms with van der Waals surface area (Å²) in [6.07, 6.45) is 8.99. The summed E-state index contributed by atoms with van der Waals surface area (Å²) in [5.41, 5.74) is 11.3. The number of nitrogens with zero attached hydrogens (tertiary/aromatic N) is 5. The summed E-state index contributed by atoms with van der Waals surface area (Å²) in [6.45, 7) is 1.95. The molecule has 8 heteroatoms. The van der Waals surface area contributed by atoms with Gasteiger partial charge in [-0.15, -0.1) is 0 Å². The van der Waals surface area contributed by atoms with E-state index in [-0.39, 0.29) is 29.6 Å². The van der Waals surface area contributed by atoms with E-state index in [0.29, 0.717) is 16.7 Å². The van der Waals surface area contributed by atoms with Gasteiger partial charge < -0.3 is 10.6 Å². The number of halogens is 1. The van der Waals surface area contributed by atoms with Crippen molar-refractivity contribution in [3.63, 3.8) is 0 Å². The van der Waals surface area contributed by atoms with Gasteiger partial charge in [-0.25, -0.2) is 13.9 Å². The lowest BCUT2D eigenvalue weighted by atomic mass is 9.92. The van der Waals surface area contributed by atoms with Gasteiger partial charge in [0.15, 0.2) is 5.65 Å². The zero-order valence-electron chi connectivity index (χ0n) is 19.9. The summed E-state index contributed by atoms with van der Waals surface area (Å²) >= 11 is 0. The third-order valence-electron chi connectivity index (χ3n) is 7.51. The van der Waals surface area contributed by atoms with E-state index < -0.39 is 5.82 Å². The molecule has 2 fully saturated rings. The van der Waals surface area contributed by atoms with Crippen LogP contribution in [0.5, 0.6) is 0 Å². The van der Waals surface area contributed by atoms with Crippen LogP contribution in [0.4, 0.5) is 4.39 Å². The number of rotatable bonds is 3. The normalized spacial score (nSPS) is 21.1. The van der Waals surface area contributed by atoms with Gasteiger partial charge in [0.1, 0.15) is 11.9 Å². The van der Waals surface area contributed by atoms with Crippen molar-refractivity contribution < 1.29 is 9.18 Å². The molecule has 6 rings (SSSR count). The third-order valence-corrected chi connectivity index (χ3v) is 7.51. The number of amides is 1. The standard InChI is InChI=1S/C28H25FN6O/c1-16-13-33-34-15-20(14-32-27(16)34)24-7-4-18(8-25(24)17-2-3-19(12-30)26(29)9-17)28(36)35-22-5-6-23(35)11-21(31)10-22/h2-4,7-9,13-15,21-23H,5-6,10-11,31H2,1H3/t21-,22+,23-. The number of fused-ring (bicyclic) bond motifs is 3. The number of nitriles is 1. The first-order chi connectivity index (χ1) is 17.4. The number of aryl methyl sites for hydroxylation is 1. The van der Waals surface area contributed by atoms with E-state index in [1.165, 1.54) is 12.1 Å². The van der Waals surface area contributed by atoms with Crippen molar-refractivity contribution >= 4 is 11.6 Å². The Morgan fingerprint density at radius 2 is 1.86 bits per heavy atom. The Balaban J connectivity index is 1.47. The highest BCUT2D eigenvalue weighted by Crippen LogP contribution is 2.38. The smallest absolute Gasteiger partial charge is 0.254 e. The van der Waals surface area contributed by atoms with Gasteiger partial charge in [0.2, 0.25) is 0 Å². The number of carbonyl (C=O) groups is 1. The molecule has 1 amide bonds. The number of nitrogens with two attached hydrogens (primary N) is 1. The summed E-state index contributed by atoms with van der Waals surface area (Å²) < 4.78 is 16.4. The van der Waals surface area contributed by atoms with Gasteiger partial charge in [0, 0.05) is 47.2 Å². The average Bonchev–Trinajstić information content (AvgIpc) is 3.39. The molecule has 4 aromatic rings. The van der Waals surface area contributed by atoms with Crippen LogP contribution in [-0.2, 0) is 0 Å². The van der Waals surface area contributed by atoms with Gasteiger partial charge in [-0.05, 0) is 73.6 Å². The number of piperidine rings is 1. The zero-order chi connectivity index (χ0) is 25.0. The van der Waals surface area contributed by atoms with Crippen LogP contribution in [0, 0.1) is 24.1 Å². The van der Waals surface area contributed by atoms with Gasteiger partial charge in [0.05, 0.1) is 11.8 Å². The van der Waals surface area contributed by atoms with Gasteiger partial charge in [-0.3, -0.25) is 4.79 Å². The Morgan fingerprint density at radius 1 is 1.08 bits per heavy atom. The molecule has 2 aliphatic rings. The molecule has 0 saturated carbocycles. The van der Waals surface area contributed by atoms with Crippen molar-refractivity contribution in [2.24, 2.45) is 5.73 Å². The Hall–Kier alpha value is -4.09. The van der Waals surface area contributed by atoms with E-state index in [0.717, 1.165) is 48.0 Å². The molecule has 2 aromatic carbocycles. The quantitative estimate of drug-likeness (QED) is 0.466. The van der Waals surface area contributed by atoms with E-state index in [1.54, 1.807) is 23.0 Å². The molecule has 180 valence electrons. The van der Waals surface area contributed by atoms with Gasteiger partial charge in [0.25, 0.3) is 5.91 Å². The minimum atomic E-state index is -0.600. The summed E-state index contributed by atoms with van der Waals surface area (Å²) in [5, 5.41) is 13.6. The maximum atomic E-state index is 14.6. The van der Waals surface area contributed by atoms with Crippen LogP contribution in [0.2, 0.25) is 0 Å². The highest BCUT2D eigenvalue weighted by Gasteiger charge is 2.42. The maximum absolute atomic E-state index is 14.6. The third kappa shape index (κ3) is 3.64. The van der Waals surface area contributed by atoms with E-state index >= 15 is 0 Å². The van der Waals surface area contributed by atoms with Gasteiger partial charge in [-0.2, -0.15) is 10.4 Å². The van der Waals surface area contributed by atoms with Crippen molar-refractivity contribution in [1.82, 2.24) is 19.5 Å². The van der Waals surface area contributed by atoms with Crippen LogP contribution >= 0.6 is 0 Å². The van der Waals surface area contributed by atoms with Crippen molar-refractivity contribution in [2.75, 3.05) is 0 Å². The number of benzene rings is 2. The van der Waals surface area contributed by atoms with Gasteiger partial charge in [-0.1, -0.05) is 12.1 Å². The van der Waals surface area contributed by atoms with Gasteiger partial charge >= 0.3 is 0 Å². The van der Waals surface area contributed by atoms with E-state index in [2.05, 4.69) is 10.1 Å². The highest BCUT2D eigenvalue weighted by atomic mass is 19.1. The second-order valence-electron chi connectivity index (χ2n) is 9.83. The molecule has 0 spiro atoms. The fourth-order valence-electron chi connectivity index (χ4n) is 5.77. The van der Waals surface area contributed by atoms with E-state index in [4.69, 9.17) is 5.73 Å². The summed E-state index contributed by atoms with van der Waals surface area (Å²) in [7, 11) is 0. The molecular weight excluding hydrogens is 455 g/mol. The van der Waals surface area contributed by atoms with Crippen LogP contribution in [-0.4, -0.2) is 43.5 Å². The zero-order valence-corrected chi connectivity index (χ0v) is 19.9. The molecule has 2 bridgehead atoms. The number of hydrogen-bond acceptors (Lipinski definition) is 5. The monoisotopic (exact) mass is 480 g/mol. The molecule has 0 aliphatic carbocycles. The topological polar surface area (TPSA) is 100 Å². The first-order valence-electron chi connectivity index (χ1n) is 12.2. The molecule has 0 radical (unpaired) electrons. The predicted molar refractivity (Wildman–Crippen MR) is 133 cm³/mol. The summed E-state index contributed by atoms with van der Waals surface area (Å²) in [5.74, 6) is -0.621. The Labute approximate surface area is 208 Å². The molecule has 4 heterocycles. The van der Waals surface area contributed by atoms with Crippen LogP contribution < -0.4 is 5.73 Å². The molecule has 7 nitrogen and oxygen atoms in total. The molecule has 2 aromatic heterocycles. The second kappa shape index (κ2) is 8.54. The van der Waals surface area contributed by atoms with Crippen LogP contribution in [0.25, 0.3) is 27.9 Å². The minimum absolute atomic E-state index is 0.0207. The van der Waals surface area contributed by atoms with Crippen molar-refractivity contribution in [3.05, 3.63) is 77.5 Å². The van der Waals surface area contributed by atoms with E-state index in [9.17, 15) is 14.4 Å². The lowest BCUT2D eigenvalue weighted by Crippen LogP contribution is -2.50. The SMILES string of the molecule is Cc1cnn2cc(-c3ccc(C(=O)N4[C@@H]5CC[C@H]4C[C@@H](N)C5)cc3-c3ccc(C#N)c(F)c3)cnc12. The summed E-state index contributed by atoms with van der Waals surface area (Å²) in [4.78, 5) is 20.2. The minimum Gasteiger partial charge on any atom is -0.333 e. The molecule has 2 aliphatic heterocycles. The van der Waals surface area contributed by atoms with Crippen molar-refractivity contribution in [2.45, 2.75) is 50.7 Å². The first kappa shape index (κ1) is 22.4. The summed E-state index contributed by atoms with van der Waals surface area (Å²) in [6, 6.07) is 12.4. The molecule has 0 unspecified atom stereocenters. The van der Waals surface area contributed by atoms with Crippen LogP contribution in [0.15, 0.2) is 55.0 Å². The second-order valence-corrected chi connectivity index (χ2v) is 9.83. The lowest BCUT2D eigenvalue weighted by molar-refractivity contribution is 0.0575. The lowest BCUT2D eigenvalue weighted by Gasteiger charge is -2.38. The fraction of sp³-hybridized carbons (Fsp3) is 0.286. The largest absolute Gasteiger partial charge is 0.333 e. The van der Waals surface area contributed by atoms with Crippen molar-refractivity contribution in [1.29, 1.82) is 5.26 Å². The Bertz CT molecular complexity index is 1540. The van der Waals surface area contributed by atoms with Crippen molar-refractivity contribution in [3.8, 4) is 28.3 Å². The average molecular weight is 481 g/mol. The number of aromatic nitrogens is 3. The molecule has 36 heavy (non-hydrogen) atoms. The molecule has 2 N–H and O–H groups in total. The fourth-order valence-corrected chi connectivity index (χ4v) is 5.77. The van der Waals surface area contributed by atoms with Crippen LogP contribution in [0.1, 0.15) is 47.2 Å². The Kier molecular flexibility index (Phi) is 5.31. The number of carbonyl (C=O) groups excluding carboxylic acids is 1. The first-order valence-corrected chi connectivity index (χ1v) is 12.2.